The van der Waals surface area contributed by atoms with Crippen LogP contribution in [0.3, 0.4) is 0 Å². The van der Waals surface area contributed by atoms with Crippen molar-refractivity contribution < 1.29 is 14.3 Å². The molecule has 0 spiro atoms. The number of hydrogen-bond donors (Lipinski definition) is 0. The van der Waals surface area contributed by atoms with Crippen molar-refractivity contribution >= 4 is 17.3 Å². The first-order chi connectivity index (χ1) is 7.95. The zero-order chi connectivity index (χ0) is 13.0. The Morgan fingerprint density at radius 3 is 2.41 bits per heavy atom. The summed E-state index contributed by atoms with van der Waals surface area (Å²) in [5.74, 6) is 0.412. The minimum absolute atomic E-state index is 0.0564. The molecule has 0 fully saturated rings. The predicted octanol–water partition coefficient (Wildman–Crippen LogP) is 1.92. The van der Waals surface area contributed by atoms with Crippen molar-refractivity contribution in [2.45, 2.75) is 13.3 Å². The minimum atomic E-state index is -0.164. The molecule has 92 valence electrons. The highest BCUT2D eigenvalue weighted by atomic mass is 16.5. The van der Waals surface area contributed by atoms with Gasteiger partial charge in [0.15, 0.2) is 5.78 Å². The maximum atomic E-state index is 11.7. The molecule has 0 saturated heterocycles. The minimum Gasteiger partial charge on any atom is -0.495 e. The molecule has 0 unspecified atom stereocenters. The third-order valence-corrected chi connectivity index (χ3v) is 2.39. The van der Waals surface area contributed by atoms with E-state index in [9.17, 15) is 9.59 Å². The van der Waals surface area contributed by atoms with Crippen LogP contribution in [0.15, 0.2) is 18.2 Å². The van der Waals surface area contributed by atoms with Crippen molar-refractivity contribution in [3.05, 3.63) is 23.8 Å². The lowest BCUT2D eigenvalue weighted by atomic mass is 10.1. The van der Waals surface area contributed by atoms with Crippen molar-refractivity contribution in [2.75, 3.05) is 26.1 Å². The van der Waals surface area contributed by atoms with Gasteiger partial charge in [-0.3, -0.25) is 9.59 Å². The van der Waals surface area contributed by atoms with Crippen LogP contribution in [-0.4, -0.2) is 32.8 Å². The highest BCUT2D eigenvalue weighted by molar-refractivity contribution is 6.07. The van der Waals surface area contributed by atoms with Crippen LogP contribution in [0.4, 0.5) is 5.69 Å². The number of benzene rings is 1. The second kappa shape index (κ2) is 5.48. The van der Waals surface area contributed by atoms with Gasteiger partial charge in [0.05, 0.1) is 19.2 Å². The lowest BCUT2D eigenvalue weighted by molar-refractivity contribution is -0.116. The Kier molecular flexibility index (Phi) is 4.26. The molecule has 0 atom stereocenters. The second-order valence-corrected chi connectivity index (χ2v) is 4.08. The van der Waals surface area contributed by atoms with Gasteiger partial charge in [-0.05, 0) is 25.1 Å². The molecule has 1 aromatic carbocycles. The van der Waals surface area contributed by atoms with E-state index in [0.717, 1.165) is 5.69 Å². The van der Waals surface area contributed by atoms with Gasteiger partial charge in [0.2, 0.25) is 0 Å². The van der Waals surface area contributed by atoms with Gasteiger partial charge in [0.1, 0.15) is 11.5 Å². The number of ether oxygens (including phenoxy) is 1. The fraction of sp³-hybridized carbons (Fsp3) is 0.385. The van der Waals surface area contributed by atoms with Crippen molar-refractivity contribution in [3.63, 3.8) is 0 Å². The molecule has 0 saturated carbocycles. The maximum absolute atomic E-state index is 11.7. The van der Waals surface area contributed by atoms with Gasteiger partial charge in [-0.1, -0.05) is 0 Å². The van der Waals surface area contributed by atoms with Crippen molar-refractivity contribution in [1.29, 1.82) is 0 Å². The topological polar surface area (TPSA) is 46.6 Å². The molecule has 0 aliphatic carbocycles. The van der Waals surface area contributed by atoms with Crippen molar-refractivity contribution in [2.24, 2.45) is 0 Å². The number of Topliss-reactive ketones (excluding diaryl/α,β-unsaturated/α-hetero) is 2. The van der Waals surface area contributed by atoms with E-state index in [1.165, 1.54) is 6.92 Å². The van der Waals surface area contributed by atoms with E-state index in [2.05, 4.69) is 0 Å². The van der Waals surface area contributed by atoms with Crippen LogP contribution in [0.25, 0.3) is 0 Å². The number of carbonyl (C=O) groups excluding carboxylic acids is 2. The molecule has 0 bridgehead atoms. The predicted molar refractivity (Wildman–Crippen MR) is 66.9 cm³/mol. The average Bonchev–Trinajstić information content (AvgIpc) is 2.27. The van der Waals surface area contributed by atoms with E-state index in [-0.39, 0.29) is 18.0 Å². The molecule has 0 N–H and O–H groups in total. The largest absolute Gasteiger partial charge is 0.495 e. The molecule has 1 rings (SSSR count). The summed E-state index contributed by atoms with van der Waals surface area (Å²) >= 11 is 0. The Morgan fingerprint density at radius 2 is 1.94 bits per heavy atom. The summed E-state index contributed by atoms with van der Waals surface area (Å²) < 4.78 is 5.20. The highest BCUT2D eigenvalue weighted by Crippen LogP contribution is 2.28. The standard InChI is InChI=1S/C13H17NO3/c1-9(15)7-12(16)10-5-6-13(17-4)11(8-10)14(2)3/h5-6,8H,7H2,1-4H3. The number of methoxy groups -OCH3 is 1. The summed E-state index contributed by atoms with van der Waals surface area (Å²) in [6.45, 7) is 1.41. The number of ketones is 2. The highest BCUT2D eigenvalue weighted by Gasteiger charge is 2.12. The lowest BCUT2D eigenvalue weighted by Gasteiger charge is -2.17. The van der Waals surface area contributed by atoms with Gasteiger partial charge in [-0.15, -0.1) is 0 Å². The molecule has 0 aromatic heterocycles. The first kappa shape index (κ1) is 13.2. The summed E-state index contributed by atoms with van der Waals surface area (Å²) in [6.07, 6.45) is -0.0564. The van der Waals surface area contributed by atoms with E-state index in [1.807, 2.05) is 19.0 Å². The normalized spacial score (nSPS) is 9.88. The van der Waals surface area contributed by atoms with Crippen LogP contribution in [0.1, 0.15) is 23.7 Å². The van der Waals surface area contributed by atoms with Crippen LogP contribution < -0.4 is 9.64 Å². The van der Waals surface area contributed by atoms with Crippen LogP contribution in [-0.2, 0) is 4.79 Å². The van der Waals surface area contributed by atoms with E-state index in [0.29, 0.717) is 11.3 Å². The van der Waals surface area contributed by atoms with E-state index >= 15 is 0 Å². The van der Waals surface area contributed by atoms with Gasteiger partial charge in [0, 0.05) is 19.7 Å². The summed E-state index contributed by atoms with van der Waals surface area (Å²) in [7, 11) is 5.33. The zero-order valence-corrected chi connectivity index (χ0v) is 10.6. The Bertz CT molecular complexity index is 438. The number of rotatable bonds is 5. The average molecular weight is 235 g/mol. The van der Waals surface area contributed by atoms with E-state index in [1.54, 1.807) is 25.3 Å². The van der Waals surface area contributed by atoms with Crippen molar-refractivity contribution in [3.8, 4) is 5.75 Å². The van der Waals surface area contributed by atoms with Crippen LogP contribution >= 0.6 is 0 Å². The second-order valence-electron chi connectivity index (χ2n) is 4.08. The molecular weight excluding hydrogens is 218 g/mol. The third-order valence-electron chi connectivity index (χ3n) is 2.39. The molecule has 0 aliphatic rings. The number of carbonyl (C=O) groups is 2. The SMILES string of the molecule is COc1ccc(C(=O)CC(C)=O)cc1N(C)C. The number of hydrogen-bond acceptors (Lipinski definition) is 4. The molecule has 0 amide bonds. The van der Waals surface area contributed by atoms with Crippen LogP contribution in [0.5, 0.6) is 5.75 Å². The first-order valence-corrected chi connectivity index (χ1v) is 5.33. The number of nitrogens with zero attached hydrogens (tertiary/aromatic N) is 1. The first-order valence-electron chi connectivity index (χ1n) is 5.33. The zero-order valence-electron chi connectivity index (χ0n) is 10.6. The summed E-state index contributed by atoms with van der Waals surface area (Å²) in [5, 5.41) is 0. The Balaban J connectivity index is 3.07. The molecule has 1 aromatic rings. The molecule has 0 aliphatic heterocycles. The Morgan fingerprint density at radius 1 is 1.29 bits per heavy atom. The summed E-state index contributed by atoms with van der Waals surface area (Å²) in [6, 6.07) is 5.16. The molecule has 17 heavy (non-hydrogen) atoms. The van der Waals surface area contributed by atoms with Gasteiger partial charge >= 0.3 is 0 Å². The quantitative estimate of drug-likeness (QED) is 0.578. The van der Waals surface area contributed by atoms with Gasteiger partial charge < -0.3 is 9.64 Å². The fourth-order valence-corrected chi connectivity index (χ4v) is 1.54. The monoisotopic (exact) mass is 235 g/mol. The maximum Gasteiger partial charge on any atom is 0.170 e. The summed E-state index contributed by atoms with van der Waals surface area (Å²) in [5.41, 5.74) is 1.35. The Hall–Kier alpha value is -1.84. The molecule has 0 heterocycles. The van der Waals surface area contributed by atoms with E-state index < -0.39 is 0 Å². The molecule has 0 radical (unpaired) electrons. The third kappa shape index (κ3) is 3.31. The Labute approximate surface area is 101 Å². The van der Waals surface area contributed by atoms with Crippen LogP contribution in [0.2, 0.25) is 0 Å². The van der Waals surface area contributed by atoms with Gasteiger partial charge in [0.25, 0.3) is 0 Å². The van der Waals surface area contributed by atoms with Gasteiger partial charge in [-0.2, -0.15) is 0 Å². The molecule has 4 nitrogen and oxygen atoms in total. The fourth-order valence-electron chi connectivity index (χ4n) is 1.54. The van der Waals surface area contributed by atoms with E-state index in [4.69, 9.17) is 4.74 Å². The van der Waals surface area contributed by atoms with Crippen molar-refractivity contribution in [1.82, 2.24) is 0 Å². The van der Waals surface area contributed by atoms with Crippen LogP contribution in [0, 0.1) is 0 Å². The lowest BCUT2D eigenvalue weighted by Crippen LogP contribution is -2.12. The number of anilines is 1. The smallest absolute Gasteiger partial charge is 0.170 e. The summed E-state index contributed by atoms with van der Waals surface area (Å²) in [4.78, 5) is 24.5. The van der Waals surface area contributed by atoms with Gasteiger partial charge in [-0.25, -0.2) is 0 Å². The molecule has 4 heteroatoms. The molecular formula is C13H17NO3.